The van der Waals surface area contributed by atoms with E-state index < -0.39 is 11.6 Å². The van der Waals surface area contributed by atoms with Crippen LogP contribution in [0.1, 0.15) is 27.2 Å². The Labute approximate surface area is 83.3 Å². The van der Waals surface area contributed by atoms with Crippen LogP contribution in [0.3, 0.4) is 0 Å². The van der Waals surface area contributed by atoms with Crippen molar-refractivity contribution in [2.24, 2.45) is 0 Å². The molecule has 0 spiro atoms. The van der Waals surface area contributed by atoms with Crippen LogP contribution in [-0.4, -0.2) is 23.5 Å². The van der Waals surface area contributed by atoms with E-state index in [1.54, 1.807) is 6.92 Å². The average molecular weight is 197 g/mol. The summed E-state index contributed by atoms with van der Waals surface area (Å²) in [5.41, 5.74) is -0.0908. The molecule has 0 bridgehead atoms. The Hall–Kier alpha value is -1.32. The van der Waals surface area contributed by atoms with Gasteiger partial charge in [0.2, 0.25) is 5.91 Å². The molecule has 14 heavy (non-hydrogen) atoms. The van der Waals surface area contributed by atoms with Crippen molar-refractivity contribution in [1.82, 2.24) is 5.32 Å². The number of carbonyl (C=O) groups is 2. The highest BCUT2D eigenvalue weighted by molar-refractivity contribution is 5.95. The second-order valence-corrected chi connectivity index (χ2v) is 4.19. The topological polar surface area (TPSA) is 55.4 Å². The number of hydrogen-bond donors (Lipinski definition) is 1. The molecule has 1 amide bonds. The standard InChI is InChI=1S/C10H15NO3/c1-6(2)8(12)11-7-5-10(3,4)14-9(7)13/h7H,1,5H2,2-4H3,(H,11,12). The summed E-state index contributed by atoms with van der Waals surface area (Å²) in [6, 6.07) is -0.533. The maximum Gasteiger partial charge on any atom is 0.329 e. The first-order chi connectivity index (χ1) is 6.32. The van der Waals surface area contributed by atoms with E-state index in [0.717, 1.165) is 0 Å². The summed E-state index contributed by atoms with van der Waals surface area (Å²) in [4.78, 5) is 22.5. The third kappa shape index (κ3) is 2.34. The van der Waals surface area contributed by atoms with Crippen molar-refractivity contribution in [2.75, 3.05) is 0 Å². The minimum atomic E-state index is -0.533. The lowest BCUT2D eigenvalue weighted by atomic mass is 10.0. The molecule has 1 N–H and O–H groups in total. The normalized spacial score (nSPS) is 24.2. The molecule has 1 fully saturated rings. The molecule has 1 unspecified atom stereocenters. The summed E-state index contributed by atoms with van der Waals surface area (Å²) in [5, 5.41) is 2.57. The molecular weight excluding hydrogens is 182 g/mol. The highest BCUT2D eigenvalue weighted by Gasteiger charge is 2.40. The zero-order chi connectivity index (χ0) is 10.9. The van der Waals surface area contributed by atoms with Crippen molar-refractivity contribution in [3.63, 3.8) is 0 Å². The number of carbonyl (C=O) groups excluding carboxylic acids is 2. The Morgan fingerprint density at radius 1 is 1.64 bits per heavy atom. The summed E-state index contributed by atoms with van der Waals surface area (Å²) in [6.07, 6.45) is 0.505. The van der Waals surface area contributed by atoms with Gasteiger partial charge in [-0.25, -0.2) is 4.79 Å². The summed E-state index contributed by atoms with van der Waals surface area (Å²) in [7, 11) is 0. The Morgan fingerprint density at radius 3 is 2.57 bits per heavy atom. The fourth-order valence-corrected chi connectivity index (χ4v) is 1.35. The molecule has 1 aliphatic heterocycles. The fraction of sp³-hybridized carbons (Fsp3) is 0.600. The van der Waals surface area contributed by atoms with E-state index in [4.69, 9.17) is 4.74 Å². The maximum atomic E-state index is 11.3. The molecule has 1 heterocycles. The minimum Gasteiger partial charge on any atom is -0.458 e. The summed E-state index contributed by atoms with van der Waals surface area (Å²) < 4.78 is 5.06. The van der Waals surface area contributed by atoms with Crippen LogP contribution in [0.4, 0.5) is 0 Å². The predicted octanol–water partition coefficient (Wildman–Crippen LogP) is 0.773. The SMILES string of the molecule is C=C(C)C(=O)NC1CC(C)(C)OC1=O. The smallest absolute Gasteiger partial charge is 0.329 e. The molecule has 1 atom stereocenters. The largest absolute Gasteiger partial charge is 0.458 e. The number of amides is 1. The number of rotatable bonds is 2. The molecule has 1 saturated heterocycles. The molecular formula is C10H15NO3. The molecule has 78 valence electrons. The van der Waals surface area contributed by atoms with Gasteiger partial charge in [-0.05, 0) is 20.8 Å². The molecule has 4 nitrogen and oxygen atoms in total. The van der Waals surface area contributed by atoms with Gasteiger partial charge in [0.1, 0.15) is 11.6 Å². The molecule has 0 aromatic rings. The van der Waals surface area contributed by atoms with Gasteiger partial charge in [-0.3, -0.25) is 4.79 Å². The summed E-state index contributed by atoms with van der Waals surface area (Å²) in [6.45, 7) is 8.73. The second kappa shape index (κ2) is 3.44. The van der Waals surface area contributed by atoms with Gasteiger partial charge < -0.3 is 10.1 Å². The van der Waals surface area contributed by atoms with Gasteiger partial charge in [-0.2, -0.15) is 0 Å². The Kier molecular flexibility index (Phi) is 2.64. The van der Waals surface area contributed by atoms with E-state index in [0.29, 0.717) is 12.0 Å². The van der Waals surface area contributed by atoms with Crippen LogP contribution in [0.15, 0.2) is 12.2 Å². The molecule has 0 aromatic carbocycles. The monoisotopic (exact) mass is 197 g/mol. The van der Waals surface area contributed by atoms with Gasteiger partial charge in [0.15, 0.2) is 0 Å². The zero-order valence-corrected chi connectivity index (χ0v) is 8.72. The highest BCUT2D eigenvalue weighted by Crippen LogP contribution is 2.25. The van der Waals surface area contributed by atoms with Gasteiger partial charge in [-0.1, -0.05) is 6.58 Å². The van der Waals surface area contributed by atoms with Crippen molar-refractivity contribution in [3.8, 4) is 0 Å². The number of cyclic esters (lactones) is 1. The Balaban J connectivity index is 2.60. The molecule has 0 aromatic heterocycles. The third-order valence-corrected chi connectivity index (χ3v) is 2.05. The van der Waals surface area contributed by atoms with Crippen molar-refractivity contribution in [3.05, 3.63) is 12.2 Å². The molecule has 0 radical (unpaired) electrons. The van der Waals surface area contributed by atoms with Crippen LogP contribution in [0.5, 0.6) is 0 Å². The molecule has 1 rings (SSSR count). The third-order valence-electron chi connectivity index (χ3n) is 2.05. The molecule has 4 heteroatoms. The van der Waals surface area contributed by atoms with Crippen molar-refractivity contribution < 1.29 is 14.3 Å². The van der Waals surface area contributed by atoms with E-state index in [2.05, 4.69) is 11.9 Å². The second-order valence-electron chi connectivity index (χ2n) is 4.19. The maximum absolute atomic E-state index is 11.3. The lowest BCUT2D eigenvalue weighted by Crippen LogP contribution is -2.38. The van der Waals surface area contributed by atoms with Gasteiger partial charge in [-0.15, -0.1) is 0 Å². The highest BCUT2D eigenvalue weighted by atomic mass is 16.6. The average Bonchev–Trinajstić information content (AvgIpc) is 2.24. The van der Waals surface area contributed by atoms with Crippen LogP contribution in [0, 0.1) is 0 Å². The van der Waals surface area contributed by atoms with Gasteiger partial charge in [0.05, 0.1) is 0 Å². The number of esters is 1. The van der Waals surface area contributed by atoms with E-state index >= 15 is 0 Å². The van der Waals surface area contributed by atoms with Crippen LogP contribution < -0.4 is 5.32 Å². The van der Waals surface area contributed by atoms with Gasteiger partial charge in [0.25, 0.3) is 0 Å². The van der Waals surface area contributed by atoms with Crippen LogP contribution in [0.2, 0.25) is 0 Å². The van der Waals surface area contributed by atoms with Crippen molar-refractivity contribution >= 4 is 11.9 Å². The van der Waals surface area contributed by atoms with Crippen LogP contribution in [0.25, 0.3) is 0 Å². The van der Waals surface area contributed by atoms with E-state index in [1.807, 2.05) is 13.8 Å². The fourth-order valence-electron chi connectivity index (χ4n) is 1.35. The Morgan fingerprint density at radius 2 is 2.21 bits per heavy atom. The predicted molar refractivity (Wildman–Crippen MR) is 51.5 cm³/mol. The molecule has 0 saturated carbocycles. The lowest BCUT2D eigenvalue weighted by molar-refractivity contribution is -0.148. The molecule has 1 aliphatic rings. The van der Waals surface area contributed by atoms with Gasteiger partial charge >= 0.3 is 5.97 Å². The first-order valence-electron chi connectivity index (χ1n) is 4.51. The van der Waals surface area contributed by atoms with E-state index in [9.17, 15) is 9.59 Å². The molecule has 0 aliphatic carbocycles. The first kappa shape index (κ1) is 10.8. The lowest BCUT2D eigenvalue weighted by Gasteiger charge is -2.14. The first-order valence-corrected chi connectivity index (χ1v) is 4.51. The number of ether oxygens (including phenoxy) is 1. The summed E-state index contributed by atoms with van der Waals surface area (Å²) in [5.74, 6) is -0.672. The van der Waals surface area contributed by atoms with E-state index in [-0.39, 0.29) is 11.9 Å². The zero-order valence-electron chi connectivity index (χ0n) is 8.72. The van der Waals surface area contributed by atoms with Crippen LogP contribution in [-0.2, 0) is 14.3 Å². The minimum absolute atomic E-state index is 0.301. The quantitative estimate of drug-likeness (QED) is 0.525. The summed E-state index contributed by atoms with van der Waals surface area (Å²) >= 11 is 0. The van der Waals surface area contributed by atoms with Crippen LogP contribution >= 0.6 is 0 Å². The number of nitrogens with one attached hydrogen (secondary N) is 1. The Bertz CT molecular complexity index is 294. The van der Waals surface area contributed by atoms with Gasteiger partial charge in [0, 0.05) is 12.0 Å². The number of hydrogen-bond acceptors (Lipinski definition) is 3. The van der Waals surface area contributed by atoms with E-state index in [1.165, 1.54) is 0 Å². The van der Waals surface area contributed by atoms with Crippen molar-refractivity contribution in [1.29, 1.82) is 0 Å². The van der Waals surface area contributed by atoms with Crippen molar-refractivity contribution in [2.45, 2.75) is 38.8 Å².